The molecule has 7 heteroatoms. The number of benzene rings is 1. The highest BCUT2D eigenvalue weighted by atomic mass is 16.5. The summed E-state index contributed by atoms with van der Waals surface area (Å²) in [6.45, 7) is 1.00. The number of nitrogens with one attached hydrogen (secondary N) is 3. The summed E-state index contributed by atoms with van der Waals surface area (Å²) >= 11 is 0. The van der Waals surface area contributed by atoms with Gasteiger partial charge in [-0.25, -0.2) is 4.79 Å². The van der Waals surface area contributed by atoms with E-state index < -0.39 is 0 Å². The molecule has 0 atom stereocenters. The minimum atomic E-state index is -0.189. The molecule has 0 aliphatic carbocycles. The van der Waals surface area contributed by atoms with Crippen molar-refractivity contribution in [1.82, 2.24) is 25.4 Å². The molecule has 3 N–H and O–H groups in total. The first-order chi connectivity index (χ1) is 11.7. The second-order valence-corrected chi connectivity index (χ2v) is 5.58. The van der Waals surface area contributed by atoms with Gasteiger partial charge in [0.05, 0.1) is 13.3 Å². The number of hydrogen-bond acceptors (Lipinski definition) is 3. The number of nitrogens with zero attached hydrogens (tertiary/aromatic N) is 2. The summed E-state index contributed by atoms with van der Waals surface area (Å²) in [6, 6.07) is 5.71. The minimum Gasteiger partial charge on any atom is -0.496 e. The standard InChI is InChI=1S/C17H21N5O2/c1-22-11-12(9-21-22)8-20-17(23)18-7-6-13-10-19-14-4-3-5-15(24-2)16(13)14/h3-5,9-11,19H,6-8H2,1-2H3,(H2,18,20,23). The maximum atomic E-state index is 11.9. The third-order valence-electron chi connectivity index (χ3n) is 3.86. The predicted octanol–water partition coefficient (Wildman–Crippen LogP) is 1.95. The molecule has 0 fully saturated rings. The van der Waals surface area contributed by atoms with Gasteiger partial charge in [-0.15, -0.1) is 0 Å². The highest BCUT2D eigenvalue weighted by Crippen LogP contribution is 2.28. The Morgan fingerprint density at radius 3 is 3.00 bits per heavy atom. The summed E-state index contributed by atoms with van der Waals surface area (Å²) < 4.78 is 7.12. The number of ether oxygens (including phenoxy) is 1. The van der Waals surface area contributed by atoms with Crippen LogP contribution in [0.4, 0.5) is 4.79 Å². The first kappa shape index (κ1) is 15.9. The van der Waals surface area contributed by atoms with Gasteiger partial charge in [0.25, 0.3) is 0 Å². The molecule has 2 aromatic heterocycles. The van der Waals surface area contributed by atoms with E-state index in [1.165, 1.54) is 0 Å². The topological polar surface area (TPSA) is 84.0 Å². The zero-order valence-corrected chi connectivity index (χ0v) is 13.8. The Hall–Kier alpha value is -2.96. The summed E-state index contributed by atoms with van der Waals surface area (Å²) in [6.07, 6.45) is 6.29. The van der Waals surface area contributed by atoms with Crippen LogP contribution in [-0.4, -0.2) is 34.5 Å². The van der Waals surface area contributed by atoms with Crippen LogP contribution in [0, 0.1) is 0 Å². The number of aromatic nitrogens is 3. The number of carbonyl (C=O) groups excluding carboxylic acids is 1. The Balaban J connectivity index is 1.52. The van der Waals surface area contributed by atoms with E-state index >= 15 is 0 Å². The van der Waals surface area contributed by atoms with E-state index in [2.05, 4.69) is 20.7 Å². The average Bonchev–Trinajstić information content (AvgIpc) is 3.19. The largest absolute Gasteiger partial charge is 0.496 e. The monoisotopic (exact) mass is 327 g/mol. The molecule has 0 aliphatic heterocycles. The van der Waals surface area contributed by atoms with Gasteiger partial charge in [-0.2, -0.15) is 5.10 Å². The fourth-order valence-electron chi connectivity index (χ4n) is 2.71. The van der Waals surface area contributed by atoms with Crippen molar-refractivity contribution in [2.24, 2.45) is 7.05 Å². The van der Waals surface area contributed by atoms with E-state index in [0.717, 1.165) is 34.2 Å². The molecule has 126 valence electrons. The Kier molecular flexibility index (Phi) is 4.69. The number of rotatable bonds is 6. The van der Waals surface area contributed by atoms with Gasteiger partial charge >= 0.3 is 6.03 Å². The molecule has 3 rings (SSSR count). The van der Waals surface area contributed by atoms with E-state index in [9.17, 15) is 4.79 Å². The molecule has 2 amide bonds. The second kappa shape index (κ2) is 7.08. The zero-order valence-electron chi connectivity index (χ0n) is 13.8. The average molecular weight is 327 g/mol. The molecule has 2 heterocycles. The lowest BCUT2D eigenvalue weighted by atomic mass is 10.1. The van der Waals surface area contributed by atoms with Crippen molar-refractivity contribution in [3.63, 3.8) is 0 Å². The maximum absolute atomic E-state index is 11.9. The van der Waals surface area contributed by atoms with Crippen LogP contribution in [-0.2, 0) is 20.0 Å². The summed E-state index contributed by atoms with van der Waals surface area (Å²) in [5.74, 6) is 0.838. The summed E-state index contributed by atoms with van der Waals surface area (Å²) in [7, 11) is 3.51. The van der Waals surface area contributed by atoms with E-state index in [1.807, 2.05) is 37.6 Å². The van der Waals surface area contributed by atoms with Gasteiger partial charge in [0, 0.05) is 49.0 Å². The summed E-state index contributed by atoms with van der Waals surface area (Å²) in [5, 5.41) is 10.8. The van der Waals surface area contributed by atoms with Gasteiger partial charge < -0.3 is 20.4 Å². The van der Waals surface area contributed by atoms with Crippen LogP contribution < -0.4 is 15.4 Å². The molecule has 0 radical (unpaired) electrons. The van der Waals surface area contributed by atoms with Gasteiger partial charge in [-0.3, -0.25) is 4.68 Å². The normalized spacial score (nSPS) is 10.8. The molecular formula is C17H21N5O2. The first-order valence-corrected chi connectivity index (χ1v) is 7.79. The number of carbonyl (C=O) groups is 1. The van der Waals surface area contributed by atoms with Crippen LogP contribution in [0.15, 0.2) is 36.8 Å². The summed E-state index contributed by atoms with van der Waals surface area (Å²) in [4.78, 5) is 15.1. The van der Waals surface area contributed by atoms with Gasteiger partial charge in [0.1, 0.15) is 5.75 Å². The molecule has 24 heavy (non-hydrogen) atoms. The van der Waals surface area contributed by atoms with E-state index in [0.29, 0.717) is 13.1 Å². The van der Waals surface area contributed by atoms with Gasteiger partial charge in [-0.1, -0.05) is 6.07 Å². The third kappa shape index (κ3) is 3.51. The Labute approximate surface area is 140 Å². The number of aryl methyl sites for hydroxylation is 1. The van der Waals surface area contributed by atoms with Crippen molar-refractivity contribution in [3.8, 4) is 5.75 Å². The number of fused-ring (bicyclic) bond motifs is 1. The fourth-order valence-corrected chi connectivity index (χ4v) is 2.71. The van der Waals surface area contributed by atoms with Crippen LogP contribution in [0.25, 0.3) is 10.9 Å². The van der Waals surface area contributed by atoms with Crippen molar-refractivity contribution in [2.75, 3.05) is 13.7 Å². The van der Waals surface area contributed by atoms with Gasteiger partial charge in [0.15, 0.2) is 0 Å². The number of amides is 2. The molecule has 0 saturated heterocycles. The molecule has 0 saturated carbocycles. The Bertz CT molecular complexity index is 836. The second-order valence-electron chi connectivity index (χ2n) is 5.58. The lowest BCUT2D eigenvalue weighted by Gasteiger charge is -2.07. The predicted molar refractivity (Wildman–Crippen MR) is 92.0 cm³/mol. The Morgan fingerprint density at radius 2 is 2.25 bits per heavy atom. The highest BCUT2D eigenvalue weighted by molar-refractivity contribution is 5.89. The number of aromatic amines is 1. The molecule has 0 bridgehead atoms. The SMILES string of the molecule is COc1cccc2[nH]cc(CCNC(=O)NCc3cnn(C)c3)c12. The van der Waals surface area contributed by atoms with Crippen LogP contribution >= 0.6 is 0 Å². The molecule has 1 aromatic carbocycles. The smallest absolute Gasteiger partial charge is 0.315 e. The van der Waals surface area contributed by atoms with Crippen molar-refractivity contribution in [1.29, 1.82) is 0 Å². The van der Waals surface area contributed by atoms with Gasteiger partial charge in [-0.05, 0) is 24.1 Å². The van der Waals surface area contributed by atoms with Gasteiger partial charge in [0.2, 0.25) is 0 Å². The van der Waals surface area contributed by atoms with Crippen molar-refractivity contribution in [3.05, 3.63) is 47.9 Å². The van der Waals surface area contributed by atoms with Crippen molar-refractivity contribution >= 4 is 16.9 Å². The number of H-pyrrole nitrogens is 1. The van der Waals surface area contributed by atoms with Crippen LogP contribution in [0.5, 0.6) is 5.75 Å². The third-order valence-corrected chi connectivity index (χ3v) is 3.86. The lowest BCUT2D eigenvalue weighted by Crippen LogP contribution is -2.36. The van der Waals surface area contributed by atoms with Crippen LogP contribution in [0.2, 0.25) is 0 Å². The van der Waals surface area contributed by atoms with E-state index in [4.69, 9.17) is 4.74 Å². The molecule has 0 unspecified atom stereocenters. The molecule has 0 aliphatic rings. The zero-order chi connectivity index (χ0) is 16.9. The number of urea groups is 1. The summed E-state index contributed by atoms with van der Waals surface area (Å²) in [5.41, 5.74) is 3.12. The van der Waals surface area contributed by atoms with Crippen LogP contribution in [0.1, 0.15) is 11.1 Å². The Morgan fingerprint density at radius 1 is 1.38 bits per heavy atom. The van der Waals surface area contributed by atoms with E-state index in [1.54, 1.807) is 18.0 Å². The maximum Gasteiger partial charge on any atom is 0.315 e. The highest BCUT2D eigenvalue weighted by Gasteiger charge is 2.09. The molecule has 0 spiro atoms. The molecule has 7 nitrogen and oxygen atoms in total. The van der Waals surface area contributed by atoms with Crippen LogP contribution in [0.3, 0.4) is 0 Å². The first-order valence-electron chi connectivity index (χ1n) is 7.79. The molecule has 3 aromatic rings. The lowest BCUT2D eigenvalue weighted by molar-refractivity contribution is 0.240. The fraction of sp³-hybridized carbons (Fsp3) is 0.294. The number of hydrogen-bond donors (Lipinski definition) is 3. The van der Waals surface area contributed by atoms with E-state index in [-0.39, 0.29) is 6.03 Å². The van der Waals surface area contributed by atoms with Crippen molar-refractivity contribution in [2.45, 2.75) is 13.0 Å². The minimum absolute atomic E-state index is 0.189. The van der Waals surface area contributed by atoms with Crippen molar-refractivity contribution < 1.29 is 9.53 Å². The molecular weight excluding hydrogens is 306 g/mol. The number of methoxy groups -OCH3 is 1. The quantitative estimate of drug-likeness (QED) is 0.647.